The summed E-state index contributed by atoms with van der Waals surface area (Å²) in [6, 6.07) is 11.0. The molecule has 22 heavy (non-hydrogen) atoms. The molecule has 1 saturated carbocycles. The van der Waals surface area contributed by atoms with E-state index in [1.54, 1.807) is 0 Å². The van der Waals surface area contributed by atoms with Crippen LogP contribution in [0.15, 0.2) is 42.6 Å². The van der Waals surface area contributed by atoms with Gasteiger partial charge in [0.05, 0.1) is 5.56 Å². The minimum atomic E-state index is -4.33. The van der Waals surface area contributed by atoms with E-state index in [0.717, 1.165) is 25.2 Å². The third-order valence-corrected chi connectivity index (χ3v) is 4.81. The highest BCUT2D eigenvalue weighted by Gasteiger charge is 2.54. The third kappa shape index (κ3) is 2.25. The molecule has 3 atom stereocenters. The predicted molar refractivity (Wildman–Crippen MR) is 77.6 cm³/mol. The molecule has 3 unspecified atom stereocenters. The molecule has 0 spiro atoms. The summed E-state index contributed by atoms with van der Waals surface area (Å²) in [6.45, 7) is 0.766. The normalized spacial score (nSPS) is 25.5. The molecule has 4 rings (SSSR count). The molecule has 5 heteroatoms. The fourth-order valence-corrected chi connectivity index (χ4v) is 3.65. The number of aromatic nitrogens is 1. The second-order valence-corrected chi connectivity index (χ2v) is 6.07. The highest BCUT2D eigenvalue weighted by molar-refractivity contribution is 5.45. The first kappa shape index (κ1) is 13.6. The van der Waals surface area contributed by atoms with Gasteiger partial charge in [-0.2, -0.15) is 13.2 Å². The maximum Gasteiger partial charge on any atom is 0.417 e. The predicted octanol–water partition coefficient (Wildman–Crippen LogP) is 4.10. The number of anilines is 1. The van der Waals surface area contributed by atoms with Crippen molar-refractivity contribution in [3.05, 3.63) is 59.3 Å². The number of halogens is 3. The van der Waals surface area contributed by atoms with Crippen LogP contribution in [0.1, 0.15) is 22.6 Å². The van der Waals surface area contributed by atoms with Crippen molar-refractivity contribution in [3.8, 4) is 0 Å². The van der Waals surface area contributed by atoms with Gasteiger partial charge in [0.1, 0.15) is 5.82 Å². The number of rotatable bonds is 3. The van der Waals surface area contributed by atoms with Gasteiger partial charge in [-0.3, -0.25) is 0 Å². The van der Waals surface area contributed by atoms with Crippen LogP contribution >= 0.6 is 0 Å². The summed E-state index contributed by atoms with van der Waals surface area (Å²) < 4.78 is 37.4. The summed E-state index contributed by atoms with van der Waals surface area (Å²) >= 11 is 0. The van der Waals surface area contributed by atoms with E-state index in [1.165, 1.54) is 17.2 Å². The number of alkyl halides is 3. The van der Waals surface area contributed by atoms with Gasteiger partial charge in [-0.15, -0.1) is 0 Å². The molecule has 0 bridgehead atoms. The van der Waals surface area contributed by atoms with Gasteiger partial charge in [-0.25, -0.2) is 4.98 Å². The molecule has 1 heterocycles. The van der Waals surface area contributed by atoms with Crippen LogP contribution in [0.3, 0.4) is 0 Å². The van der Waals surface area contributed by atoms with E-state index in [0.29, 0.717) is 23.6 Å². The number of nitrogens with one attached hydrogen (secondary N) is 1. The fourth-order valence-electron chi connectivity index (χ4n) is 3.65. The van der Waals surface area contributed by atoms with Gasteiger partial charge in [-0.05, 0) is 47.4 Å². The quantitative estimate of drug-likeness (QED) is 0.923. The highest BCUT2D eigenvalue weighted by atomic mass is 19.4. The molecular formula is C17H15F3N2. The first-order valence-electron chi connectivity index (χ1n) is 7.39. The Morgan fingerprint density at radius 1 is 1.14 bits per heavy atom. The Kier molecular flexibility index (Phi) is 2.93. The molecule has 1 N–H and O–H groups in total. The summed E-state index contributed by atoms with van der Waals surface area (Å²) in [7, 11) is 0. The maximum absolute atomic E-state index is 12.5. The summed E-state index contributed by atoms with van der Waals surface area (Å²) in [5.74, 6) is 2.36. The number of hydrogen-bond donors (Lipinski definition) is 1. The summed E-state index contributed by atoms with van der Waals surface area (Å²) in [5, 5.41) is 3.17. The summed E-state index contributed by atoms with van der Waals surface area (Å²) in [4.78, 5) is 3.85. The Morgan fingerprint density at radius 3 is 2.68 bits per heavy atom. The smallest absolute Gasteiger partial charge is 0.370 e. The molecule has 1 fully saturated rings. The van der Waals surface area contributed by atoms with Gasteiger partial charge in [0.2, 0.25) is 0 Å². The third-order valence-electron chi connectivity index (χ3n) is 4.81. The fraction of sp³-hybridized carbons (Fsp3) is 0.353. The second kappa shape index (κ2) is 4.73. The average molecular weight is 304 g/mol. The first-order chi connectivity index (χ1) is 10.5. The Morgan fingerprint density at radius 2 is 1.95 bits per heavy atom. The average Bonchev–Trinajstić information content (AvgIpc) is 3.03. The zero-order valence-electron chi connectivity index (χ0n) is 11.8. The second-order valence-electron chi connectivity index (χ2n) is 6.07. The van der Waals surface area contributed by atoms with Crippen molar-refractivity contribution in [2.75, 3.05) is 11.9 Å². The first-order valence-corrected chi connectivity index (χ1v) is 7.39. The Balaban J connectivity index is 1.38. The Bertz CT molecular complexity index is 694. The molecule has 1 aromatic carbocycles. The lowest BCUT2D eigenvalue weighted by Crippen LogP contribution is -2.10. The van der Waals surface area contributed by atoms with E-state index in [2.05, 4.69) is 34.6 Å². The SMILES string of the molecule is FC(F)(F)c1ccc(NCC2C3Cc4ccccc4C23)nc1. The van der Waals surface area contributed by atoms with Crippen LogP contribution in [0.4, 0.5) is 19.0 Å². The van der Waals surface area contributed by atoms with Crippen LogP contribution in [-0.2, 0) is 12.6 Å². The van der Waals surface area contributed by atoms with Crippen LogP contribution < -0.4 is 5.32 Å². The summed E-state index contributed by atoms with van der Waals surface area (Å²) in [5.41, 5.74) is 2.18. The minimum absolute atomic E-state index is 0.506. The highest BCUT2D eigenvalue weighted by Crippen LogP contribution is 2.61. The van der Waals surface area contributed by atoms with E-state index in [-0.39, 0.29) is 0 Å². The Labute approximate surface area is 126 Å². The van der Waals surface area contributed by atoms with Gasteiger partial charge in [0.15, 0.2) is 0 Å². The van der Waals surface area contributed by atoms with Crippen molar-refractivity contribution < 1.29 is 13.2 Å². The van der Waals surface area contributed by atoms with E-state index >= 15 is 0 Å². The van der Waals surface area contributed by atoms with E-state index in [4.69, 9.17) is 0 Å². The van der Waals surface area contributed by atoms with E-state index in [9.17, 15) is 13.2 Å². The zero-order valence-corrected chi connectivity index (χ0v) is 11.8. The molecule has 2 aliphatic carbocycles. The molecule has 2 nitrogen and oxygen atoms in total. The van der Waals surface area contributed by atoms with Crippen molar-refractivity contribution in [2.24, 2.45) is 11.8 Å². The van der Waals surface area contributed by atoms with Crippen LogP contribution in [-0.4, -0.2) is 11.5 Å². The minimum Gasteiger partial charge on any atom is -0.370 e. The lowest BCUT2D eigenvalue weighted by atomic mass is 10.0. The molecule has 114 valence electrons. The number of hydrogen-bond acceptors (Lipinski definition) is 2. The van der Waals surface area contributed by atoms with Crippen molar-refractivity contribution >= 4 is 5.82 Å². The van der Waals surface area contributed by atoms with Crippen LogP contribution in [0.25, 0.3) is 0 Å². The molecular weight excluding hydrogens is 289 g/mol. The van der Waals surface area contributed by atoms with Crippen molar-refractivity contribution in [1.82, 2.24) is 4.98 Å². The van der Waals surface area contributed by atoms with Gasteiger partial charge in [0, 0.05) is 12.7 Å². The largest absolute Gasteiger partial charge is 0.417 e. The monoisotopic (exact) mass is 304 g/mol. The van der Waals surface area contributed by atoms with Crippen molar-refractivity contribution in [3.63, 3.8) is 0 Å². The number of pyridine rings is 1. The molecule has 0 saturated heterocycles. The van der Waals surface area contributed by atoms with Crippen LogP contribution in [0.5, 0.6) is 0 Å². The molecule has 1 aromatic heterocycles. The maximum atomic E-state index is 12.5. The number of nitrogens with zero attached hydrogens (tertiary/aromatic N) is 1. The lowest BCUT2D eigenvalue weighted by Gasteiger charge is -2.10. The molecule has 2 aliphatic rings. The summed E-state index contributed by atoms with van der Waals surface area (Å²) in [6.07, 6.45) is -2.33. The molecule has 0 aliphatic heterocycles. The van der Waals surface area contributed by atoms with E-state index in [1.807, 2.05) is 0 Å². The van der Waals surface area contributed by atoms with Gasteiger partial charge < -0.3 is 5.32 Å². The lowest BCUT2D eigenvalue weighted by molar-refractivity contribution is -0.137. The Hall–Kier alpha value is -2.04. The molecule has 0 radical (unpaired) electrons. The van der Waals surface area contributed by atoms with Gasteiger partial charge >= 0.3 is 6.18 Å². The molecule has 2 aromatic rings. The standard InChI is InChI=1S/C17H15F3N2/c18-17(19,20)11-5-6-15(21-8-11)22-9-14-13-7-10-3-1-2-4-12(10)16(13)14/h1-6,8,13-14,16H,7,9H2,(H,21,22). The number of fused-ring (bicyclic) bond motifs is 3. The number of benzene rings is 1. The topological polar surface area (TPSA) is 24.9 Å². The zero-order chi connectivity index (χ0) is 15.3. The van der Waals surface area contributed by atoms with Crippen LogP contribution in [0.2, 0.25) is 0 Å². The van der Waals surface area contributed by atoms with Gasteiger partial charge in [0.25, 0.3) is 0 Å². The van der Waals surface area contributed by atoms with Gasteiger partial charge in [-0.1, -0.05) is 24.3 Å². The molecule has 0 amide bonds. The van der Waals surface area contributed by atoms with Crippen molar-refractivity contribution in [2.45, 2.75) is 18.5 Å². The van der Waals surface area contributed by atoms with Crippen molar-refractivity contribution in [1.29, 1.82) is 0 Å². The van der Waals surface area contributed by atoms with E-state index < -0.39 is 11.7 Å². The van der Waals surface area contributed by atoms with Crippen LogP contribution in [0, 0.1) is 11.8 Å².